The molecule has 0 spiro atoms. The van der Waals surface area contributed by atoms with Crippen LogP contribution in [0.5, 0.6) is 0 Å². The summed E-state index contributed by atoms with van der Waals surface area (Å²) in [7, 11) is 0. The van der Waals surface area contributed by atoms with Crippen LogP contribution in [0.2, 0.25) is 0 Å². The van der Waals surface area contributed by atoms with Crippen LogP contribution in [0, 0.1) is 0 Å². The highest BCUT2D eigenvalue weighted by Gasteiger charge is 1.90. The van der Waals surface area contributed by atoms with E-state index in [2.05, 4.69) is 20.9 Å². The molecule has 38 valence electrons. The van der Waals surface area contributed by atoms with Crippen LogP contribution in [0.25, 0.3) is 0 Å². The van der Waals surface area contributed by atoms with Crippen LogP contribution in [0.4, 0.5) is 0 Å². The van der Waals surface area contributed by atoms with E-state index in [-0.39, 0.29) is 0 Å². The minimum Gasteiger partial charge on any atom is -0.215 e. The van der Waals surface area contributed by atoms with Gasteiger partial charge in [-0.05, 0) is 0 Å². The molecule has 6 nitrogen and oxygen atoms in total. The normalized spacial score (nSPS) is 8.71. The van der Waals surface area contributed by atoms with Crippen LogP contribution in [-0.2, 0) is 0 Å². The average molecular weight is 101 g/mol. The van der Waals surface area contributed by atoms with Crippen LogP contribution in [0.15, 0.2) is 6.33 Å². The number of hydrogen-bond donors (Lipinski definition) is 3. The van der Waals surface area contributed by atoms with Gasteiger partial charge in [-0.15, -0.1) is 10.6 Å². The second kappa shape index (κ2) is 1.52. The summed E-state index contributed by atoms with van der Waals surface area (Å²) < 4.78 is 0. The summed E-state index contributed by atoms with van der Waals surface area (Å²) in [6.45, 7) is 0. The highest BCUT2D eigenvalue weighted by Crippen LogP contribution is 1.42. The Bertz CT molecular complexity index is 119. The third-order valence-electron chi connectivity index (χ3n) is 0.501. The van der Waals surface area contributed by atoms with Crippen molar-refractivity contribution in [3.63, 3.8) is 0 Å². The number of nitrogens with zero attached hydrogens (tertiary/aromatic N) is 3. The van der Waals surface area contributed by atoms with Crippen molar-refractivity contribution in [3.05, 3.63) is 6.33 Å². The molecular formula is CH5N6+. The molecule has 0 aliphatic carbocycles. The lowest BCUT2D eigenvalue weighted by Crippen LogP contribution is -2.53. The van der Waals surface area contributed by atoms with E-state index in [0.717, 1.165) is 0 Å². The molecule has 0 aliphatic heterocycles. The quantitative estimate of drug-likeness (QED) is 0.207. The number of H-pyrrole nitrogens is 1. The third-order valence-corrected chi connectivity index (χ3v) is 0.501. The second-order valence-electron chi connectivity index (χ2n) is 0.904. The van der Waals surface area contributed by atoms with Crippen molar-refractivity contribution in [2.45, 2.75) is 0 Å². The van der Waals surface area contributed by atoms with Gasteiger partial charge >= 0.3 is 0 Å². The fourth-order valence-electron chi connectivity index (χ4n) is 0.247. The molecule has 7 heavy (non-hydrogen) atoms. The molecule has 0 saturated heterocycles. The van der Waals surface area contributed by atoms with Gasteiger partial charge in [0.15, 0.2) is 5.21 Å². The van der Waals surface area contributed by atoms with E-state index in [1.54, 1.807) is 0 Å². The number of aromatic amines is 1. The highest BCUT2D eigenvalue weighted by molar-refractivity contribution is 4.21. The Hall–Kier alpha value is -1.17. The fourth-order valence-corrected chi connectivity index (χ4v) is 0.247. The molecule has 1 aromatic heterocycles. The SMILES string of the molecule is NN[n+]1nnc[nH]1. The predicted octanol–water partition coefficient (Wildman–Crippen LogP) is -2.49. The summed E-state index contributed by atoms with van der Waals surface area (Å²) in [5.41, 5.74) is 2.19. The van der Waals surface area contributed by atoms with Crippen LogP contribution in [0.1, 0.15) is 0 Å². The molecule has 0 aliphatic rings. The number of nitrogen functional groups attached to an aromatic ring is 1. The summed E-state index contributed by atoms with van der Waals surface area (Å²) in [5.74, 6) is 4.87. The molecular weight excluding hydrogens is 96.1 g/mol. The molecule has 1 rings (SSSR count). The maximum atomic E-state index is 4.87. The van der Waals surface area contributed by atoms with Gasteiger partial charge < -0.3 is 0 Å². The smallest absolute Gasteiger partial charge is 0.215 e. The van der Waals surface area contributed by atoms with Crippen LogP contribution >= 0.6 is 0 Å². The molecule has 0 amide bonds. The van der Waals surface area contributed by atoms with Gasteiger partial charge in [-0.1, -0.05) is 0 Å². The van der Waals surface area contributed by atoms with E-state index in [0.29, 0.717) is 0 Å². The van der Waals surface area contributed by atoms with Crippen molar-refractivity contribution in [2.24, 2.45) is 5.84 Å². The predicted molar refractivity (Wildman–Crippen MR) is 20.1 cm³/mol. The van der Waals surface area contributed by atoms with E-state index in [9.17, 15) is 0 Å². The van der Waals surface area contributed by atoms with E-state index in [4.69, 9.17) is 5.84 Å². The Kier molecular flexibility index (Phi) is 0.868. The van der Waals surface area contributed by atoms with Gasteiger partial charge in [0.1, 0.15) is 0 Å². The lowest BCUT2D eigenvalue weighted by molar-refractivity contribution is -0.765. The van der Waals surface area contributed by atoms with Gasteiger partial charge in [0, 0.05) is 0 Å². The second-order valence-corrected chi connectivity index (χ2v) is 0.904. The van der Waals surface area contributed by atoms with Crippen LogP contribution in [-0.4, -0.2) is 15.4 Å². The number of nitrogens with one attached hydrogen (secondary N) is 2. The van der Waals surface area contributed by atoms with E-state index < -0.39 is 0 Å². The third kappa shape index (κ3) is 0.631. The van der Waals surface area contributed by atoms with Crippen molar-refractivity contribution in [1.82, 2.24) is 15.4 Å². The zero-order valence-electron chi connectivity index (χ0n) is 3.50. The number of hydrazine groups is 1. The van der Waals surface area contributed by atoms with Gasteiger partial charge in [0.25, 0.3) is 6.33 Å². The first-order valence-corrected chi connectivity index (χ1v) is 1.68. The highest BCUT2D eigenvalue weighted by atomic mass is 15.8. The Morgan fingerprint density at radius 1 is 1.86 bits per heavy atom. The van der Waals surface area contributed by atoms with E-state index in [1.807, 2.05) is 0 Å². The standard InChI is InChI=1S/CH4N6/c2-5-7-4-1-3-6-7/h1H,(H3,2,3,4,5,6)/p+1. The molecule has 0 unspecified atom stereocenters. The molecule has 0 fully saturated rings. The van der Waals surface area contributed by atoms with Gasteiger partial charge in [0.2, 0.25) is 0 Å². The first-order chi connectivity index (χ1) is 3.43. The molecule has 0 atom stereocenters. The molecule has 0 aromatic carbocycles. The Morgan fingerprint density at radius 3 is 3.00 bits per heavy atom. The topological polar surface area (TPSA) is 83.5 Å². The number of tetrazole rings is 1. The molecule has 4 N–H and O–H groups in total. The molecule has 0 saturated carbocycles. The summed E-state index contributed by atoms with van der Waals surface area (Å²) in [6, 6.07) is 0. The zero-order valence-corrected chi connectivity index (χ0v) is 3.50. The summed E-state index contributed by atoms with van der Waals surface area (Å²) in [5, 5.41) is 9.36. The summed E-state index contributed by atoms with van der Waals surface area (Å²) in [6.07, 6.45) is 1.40. The van der Waals surface area contributed by atoms with Gasteiger partial charge in [-0.3, -0.25) is 0 Å². The lowest BCUT2D eigenvalue weighted by Gasteiger charge is -1.79. The zero-order chi connectivity index (χ0) is 5.11. The monoisotopic (exact) mass is 101 g/mol. The number of aromatic nitrogens is 4. The molecule has 6 heteroatoms. The van der Waals surface area contributed by atoms with Crippen molar-refractivity contribution < 1.29 is 4.91 Å². The van der Waals surface area contributed by atoms with Crippen molar-refractivity contribution in [1.29, 1.82) is 0 Å². The number of hydrogen-bond acceptors (Lipinski definition) is 4. The number of rotatable bonds is 1. The van der Waals surface area contributed by atoms with E-state index >= 15 is 0 Å². The van der Waals surface area contributed by atoms with Gasteiger partial charge in [-0.25, -0.2) is 5.84 Å². The average Bonchev–Trinajstić information content (AvgIpc) is 2.14. The van der Waals surface area contributed by atoms with Crippen LogP contribution in [0.3, 0.4) is 0 Å². The largest absolute Gasteiger partial charge is 0.271 e. The molecule has 1 heterocycles. The van der Waals surface area contributed by atoms with Crippen molar-refractivity contribution in [2.75, 3.05) is 5.53 Å². The van der Waals surface area contributed by atoms with E-state index in [1.165, 1.54) is 11.2 Å². The first kappa shape index (κ1) is 4.00. The Morgan fingerprint density at radius 2 is 2.71 bits per heavy atom. The van der Waals surface area contributed by atoms with Crippen molar-refractivity contribution in [3.8, 4) is 0 Å². The van der Waals surface area contributed by atoms with Gasteiger partial charge in [-0.2, -0.15) is 0 Å². The Balaban J connectivity index is 2.76. The first-order valence-electron chi connectivity index (χ1n) is 1.68. The van der Waals surface area contributed by atoms with Gasteiger partial charge in [0.05, 0.1) is 10.0 Å². The Labute approximate surface area is 39.2 Å². The molecule has 0 bridgehead atoms. The van der Waals surface area contributed by atoms with Crippen molar-refractivity contribution >= 4 is 0 Å². The molecule has 0 radical (unpaired) electrons. The molecule has 1 aromatic rings. The summed E-state index contributed by atoms with van der Waals surface area (Å²) in [4.78, 5) is 1.17. The summed E-state index contributed by atoms with van der Waals surface area (Å²) >= 11 is 0. The minimum absolute atomic E-state index is 1.17. The van der Waals surface area contributed by atoms with Crippen LogP contribution < -0.4 is 16.3 Å². The maximum Gasteiger partial charge on any atom is 0.271 e. The maximum absolute atomic E-state index is 4.87. The lowest BCUT2D eigenvalue weighted by atomic mass is 11.4. The number of nitrogens with two attached hydrogens (primary N) is 1. The minimum atomic E-state index is 1.17. The fraction of sp³-hybridized carbons (Fsp3) is 0.